The molecule has 1 rings (SSSR count). The molecule has 8 nitrogen and oxygen atoms in total. The molecule has 0 aromatic heterocycles. The van der Waals surface area contributed by atoms with Crippen molar-refractivity contribution < 1.29 is 24.3 Å². The van der Waals surface area contributed by atoms with Gasteiger partial charge in [0.1, 0.15) is 0 Å². The summed E-state index contributed by atoms with van der Waals surface area (Å²) in [7, 11) is 3.42. The quantitative estimate of drug-likeness (QED) is 0.112. The van der Waals surface area contributed by atoms with E-state index in [-0.39, 0.29) is 42.1 Å². The van der Waals surface area contributed by atoms with E-state index in [0.717, 1.165) is 5.57 Å². The number of carboxylic acid groups (broad SMARTS) is 1. The van der Waals surface area contributed by atoms with Crippen LogP contribution in [0.2, 0.25) is 0 Å². The average Bonchev–Trinajstić information content (AvgIpc) is 3.20. The maximum Gasteiger partial charge on any atom is 0.331 e. The third-order valence-electron chi connectivity index (χ3n) is 8.35. The number of nitrogens with zero attached hydrogens (tertiary/aromatic N) is 1. The minimum atomic E-state index is -1.03. The average molecular weight is 634 g/mol. The van der Waals surface area contributed by atoms with Crippen LogP contribution in [0.4, 0.5) is 0 Å². The van der Waals surface area contributed by atoms with Crippen LogP contribution in [-0.2, 0) is 19.2 Å². The van der Waals surface area contributed by atoms with Crippen molar-refractivity contribution in [2.45, 2.75) is 87.2 Å². The van der Waals surface area contributed by atoms with E-state index in [1.54, 1.807) is 37.2 Å². The lowest BCUT2D eigenvalue weighted by Gasteiger charge is -2.38. The van der Waals surface area contributed by atoms with E-state index in [2.05, 4.69) is 22.5 Å². The molecule has 1 aliphatic rings. The fourth-order valence-electron chi connectivity index (χ4n) is 5.29. The Kier molecular flexibility index (Phi) is 15.9. The van der Waals surface area contributed by atoms with Crippen molar-refractivity contribution in [2.24, 2.45) is 22.7 Å². The van der Waals surface area contributed by atoms with Crippen LogP contribution in [0.25, 0.3) is 0 Å². The van der Waals surface area contributed by atoms with Crippen molar-refractivity contribution in [1.29, 1.82) is 0 Å². The molecule has 0 aromatic rings. The first kappa shape index (κ1) is 40.1. The predicted octanol–water partition coefficient (Wildman–Crippen LogP) is 5.80. The molecular formula is C38H55N3O5. The number of aliphatic carboxylic acids is 1. The molecule has 3 atom stereocenters. The fourth-order valence-corrected chi connectivity index (χ4v) is 5.29. The lowest BCUT2D eigenvalue weighted by molar-refractivity contribution is -0.140. The van der Waals surface area contributed by atoms with Crippen LogP contribution < -0.4 is 10.6 Å². The molecule has 0 aromatic carbocycles. The van der Waals surface area contributed by atoms with E-state index in [4.69, 9.17) is 0 Å². The van der Waals surface area contributed by atoms with Gasteiger partial charge < -0.3 is 20.6 Å². The molecule has 1 aliphatic carbocycles. The molecule has 252 valence electrons. The molecule has 3 N–H and O–H groups in total. The Morgan fingerprint density at radius 1 is 1.04 bits per heavy atom. The Hall–Kier alpha value is -3.96. The Morgan fingerprint density at radius 3 is 2.22 bits per heavy atom. The molecule has 0 spiro atoms. The summed E-state index contributed by atoms with van der Waals surface area (Å²) in [5.41, 5.74) is 0.722. The second-order valence-electron chi connectivity index (χ2n) is 13.7. The van der Waals surface area contributed by atoms with Crippen molar-refractivity contribution in [3.8, 4) is 11.8 Å². The molecule has 2 amide bonds. The topological polar surface area (TPSA) is 116 Å². The van der Waals surface area contributed by atoms with Crippen LogP contribution in [0, 0.1) is 34.5 Å². The Morgan fingerprint density at radius 2 is 1.67 bits per heavy atom. The van der Waals surface area contributed by atoms with Crippen molar-refractivity contribution in [2.75, 3.05) is 20.6 Å². The highest BCUT2D eigenvalue weighted by molar-refractivity contribution is 5.92. The maximum absolute atomic E-state index is 13.8. The molecule has 0 aliphatic heterocycles. The zero-order chi connectivity index (χ0) is 35.2. The van der Waals surface area contributed by atoms with Gasteiger partial charge in [-0.3, -0.25) is 14.4 Å². The highest BCUT2D eigenvalue weighted by Crippen LogP contribution is 2.34. The summed E-state index contributed by atoms with van der Waals surface area (Å²) in [5, 5.41) is 15.6. The summed E-state index contributed by atoms with van der Waals surface area (Å²) in [6.07, 6.45) is 16.8. The number of carbonyl (C=O) groups excluding carboxylic acids is 3. The molecule has 0 saturated carbocycles. The van der Waals surface area contributed by atoms with Gasteiger partial charge >= 0.3 is 5.97 Å². The lowest BCUT2D eigenvalue weighted by atomic mass is 9.75. The molecule has 0 heterocycles. The molecule has 0 fully saturated rings. The summed E-state index contributed by atoms with van der Waals surface area (Å²) >= 11 is 0. The van der Waals surface area contributed by atoms with Gasteiger partial charge in [0.15, 0.2) is 5.78 Å². The summed E-state index contributed by atoms with van der Waals surface area (Å²) in [6, 6.07) is -1.04. The number of carboxylic acids is 1. The maximum atomic E-state index is 13.8. The zero-order valence-corrected chi connectivity index (χ0v) is 29.7. The fraction of sp³-hybridized carbons (Fsp3) is 0.526. The number of amides is 2. The molecule has 0 bridgehead atoms. The van der Waals surface area contributed by atoms with E-state index in [1.807, 2.05) is 85.8 Å². The highest BCUT2D eigenvalue weighted by atomic mass is 16.4. The van der Waals surface area contributed by atoms with Gasteiger partial charge in [-0.1, -0.05) is 114 Å². The largest absolute Gasteiger partial charge is 0.478 e. The Balaban J connectivity index is 3.15. The van der Waals surface area contributed by atoms with Gasteiger partial charge in [-0.25, -0.2) is 4.79 Å². The Bertz CT molecular complexity index is 1360. The normalized spacial score (nSPS) is 16.4. The molecule has 46 heavy (non-hydrogen) atoms. The summed E-state index contributed by atoms with van der Waals surface area (Å²) in [5.74, 6) is 4.21. The minimum Gasteiger partial charge on any atom is -0.478 e. The van der Waals surface area contributed by atoms with Gasteiger partial charge in [0.2, 0.25) is 11.8 Å². The van der Waals surface area contributed by atoms with E-state index in [1.165, 1.54) is 13.0 Å². The van der Waals surface area contributed by atoms with Crippen LogP contribution in [0.15, 0.2) is 71.4 Å². The SMILES string of the molecule is C\C=C/C=C\C=C\C(=O)CC1=CC=C(C(C)(C)C(NC)C(=O)NCC(C(=O)N(C)C(/C=C(\C)C(=O)O)C(C)C)C(C)(C)C)CC#C1. The minimum absolute atomic E-state index is 0.0154. The number of carbonyl (C=O) groups is 4. The number of likely N-dealkylation sites (N-methyl/N-ethyl adjacent to an activating group) is 2. The predicted molar refractivity (Wildman–Crippen MR) is 187 cm³/mol. The number of hydrogen-bond acceptors (Lipinski definition) is 5. The molecule has 0 radical (unpaired) electrons. The molecule has 3 unspecified atom stereocenters. The lowest BCUT2D eigenvalue weighted by Crippen LogP contribution is -2.55. The van der Waals surface area contributed by atoms with Gasteiger partial charge in [0, 0.05) is 43.0 Å². The summed E-state index contributed by atoms with van der Waals surface area (Å²) in [4.78, 5) is 53.1. The number of hydrogen-bond donors (Lipinski definition) is 3. The van der Waals surface area contributed by atoms with E-state index in [0.29, 0.717) is 12.0 Å². The third-order valence-corrected chi connectivity index (χ3v) is 8.35. The van der Waals surface area contributed by atoms with Gasteiger partial charge in [-0.05, 0) is 38.3 Å². The first-order valence-electron chi connectivity index (χ1n) is 15.9. The van der Waals surface area contributed by atoms with E-state index < -0.39 is 34.8 Å². The van der Waals surface area contributed by atoms with Crippen molar-refractivity contribution >= 4 is 23.6 Å². The van der Waals surface area contributed by atoms with Gasteiger partial charge in [0.25, 0.3) is 0 Å². The first-order valence-corrected chi connectivity index (χ1v) is 15.9. The number of ketones is 1. The second kappa shape index (κ2) is 18.3. The van der Waals surface area contributed by atoms with Gasteiger partial charge in [0.05, 0.1) is 18.0 Å². The van der Waals surface area contributed by atoms with Crippen LogP contribution >= 0.6 is 0 Å². The van der Waals surface area contributed by atoms with Crippen molar-refractivity contribution in [3.05, 3.63) is 71.4 Å². The smallest absolute Gasteiger partial charge is 0.331 e. The summed E-state index contributed by atoms with van der Waals surface area (Å²) in [6.45, 7) is 17.3. The number of allylic oxidation sites excluding steroid dienone is 9. The van der Waals surface area contributed by atoms with Gasteiger partial charge in [-0.2, -0.15) is 0 Å². The van der Waals surface area contributed by atoms with E-state index in [9.17, 15) is 24.3 Å². The van der Waals surface area contributed by atoms with Crippen LogP contribution in [0.5, 0.6) is 0 Å². The van der Waals surface area contributed by atoms with E-state index >= 15 is 0 Å². The van der Waals surface area contributed by atoms with Crippen molar-refractivity contribution in [1.82, 2.24) is 15.5 Å². The summed E-state index contributed by atoms with van der Waals surface area (Å²) < 4.78 is 0. The zero-order valence-electron chi connectivity index (χ0n) is 29.7. The first-order chi connectivity index (χ1) is 21.4. The molecule has 0 saturated heterocycles. The number of nitrogens with one attached hydrogen (secondary N) is 2. The van der Waals surface area contributed by atoms with Crippen LogP contribution in [0.3, 0.4) is 0 Å². The molecular weight excluding hydrogens is 578 g/mol. The Labute approximate surface area is 276 Å². The third kappa shape index (κ3) is 12.1. The highest BCUT2D eigenvalue weighted by Gasteiger charge is 2.40. The standard InChI is InChI=1S/C38H55N3O5/c1-12-13-14-15-16-20-30(42)24-28-18-17-19-29(22-21-28)38(8,9)33(39-10)34(43)40-25-31(37(5,6)7)35(44)41(11)32(26(2)3)23-27(4)36(45)46/h12-16,20-23,26,31-33,39H,19,24-25H2,1-11H3,(H,40,43)(H,45,46)/b13-12-,15-14-,20-16+,27-23+. The number of rotatable bonds is 16. The second-order valence-corrected chi connectivity index (χ2v) is 13.7. The van der Waals surface area contributed by atoms with Crippen molar-refractivity contribution in [3.63, 3.8) is 0 Å². The van der Waals surface area contributed by atoms with Crippen LogP contribution in [0.1, 0.15) is 75.2 Å². The van der Waals surface area contributed by atoms with Gasteiger partial charge in [-0.15, -0.1) is 0 Å². The van der Waals surface area contributed by atoms with Crippen LogP contribution in [-0.4, -0.2) is 66.3 Å². The molecule has 8 heteroatoms. The monoisotopic (exact) mass is 633 g/mol.